The highest BCUT2D eigenvalue weighted by Gasteiger charge is 2.25. The minimum absolute atomic E-state index is 0.214. The maximum Gasteiger partial charge on any atom is 0.172 e. The molecule has 2 aromatic heterocycles. The lowest BCUT2D eigenvalue weighted by Gasteiger charge is -2.36. The summed E-state index contributed by atoms with van der Waals surface area (Å²) in [6, 6.07) is 5.92. The first-order valence-electron chi connectivity index (χ1n) is 10.9. The number of hydrogen-bond acceptors (Lipinski definition) is 7. The Morgan fingerprint density at radius 3 is 2.69 bits per heavy atom. The third kappa shape index (κ3) is 4.49. The number of aromatic nitrogens is 3. The van der Waals surface area contributed by atoms with Gasteiger partial charge in [0.15, 0.2) is 11.6 Å². The minimum Gasteiger partial charge on any atom is -0.379 e. The third-order valence-corrected chi connectivity index (χ3v) is 6.02. The molecule has 168 valence electrons. The maximum atomic E-state index is 14.1. The number of nitrogens with zero attached hydrogens (tertiary/aromatic N) is 5. The topological polar surface area (TPSA) is 66.4 Å². The third-order valence-electron chi connectivity index (χ3n) is 6.02. The van der Waals surface area contributed by atoms with Gasteiger partial charge in [0.2, 0.25) is 0 Å². The van der Waals surface area contributed by atoms with Crippen LogP contribution in [0.1, 0.15) is 17.7 Å². The van der Waals surface area contributed by atoms with Crippen molar-refractivity contribution in [1.29, 1.82) is 0 Å². The number of rotatable bonds is 5. The van der Waals surface area contributed by atoms with E-state index < -0.39 is 11.6 Å². The van der Waals surface area contributed by atoms with Crippen molar-refractivity contribution >= 4 is 22.7 Å². The van der Waals surface area contributed by atoms with Gasteiger partial charge in [0.1, 0.15) is 17.2 Å². The molecule has 2 fully saturated rings. The number of piperazine rings is 1. The molecule has 0 aliphatic carbocycles. The molecule has 7 nitrogen and oxygen atoms in total. The van der Waals surface area contributed by atoms with Crippen molar-refractivity contribution in [2.24, 2.45) is 0 Å². The molecule has 32 heavy (non-hydrogen) atoms. The van der Waals surface area contributed by atoms with Gasteiger partial charge in [0.05, 0.1) is 24.4 Å². The van der Waals surface area contributed by atoms with Crippen molar-refractivity contribution in [2.45, 2.75) is 25.9 Å². The van der Waals surface area contributed by atoms with E-state index in [0.717, 1.165) is 73.6 Å². The Labute approximate surface area is 185 Å². The Bertz CT molecular complexity index is 1110. The van der Waals surface area contributed by atoms with E-state index in [4.69, 9.17) is 14.7 Å². The van der Waals surface area contributed by atoms with E-state index in [-0.39, 0.29) is 6.04 Å². The highest BCUT2D eigenvalue weighted by molar-refractivity contribution is 5.80. The lowest BCUT2D eigenvalue weighted by molar-refractivity contribution is 0.195. The van der Waals surface area contributed by atoms with Crippen LogP contribution < -0.4 is 10.2 Å². The number of nitrogens with one attached hydrogen (secondary N) is 1. The zero-order valence-electron chi connectivity index (χ0n) is 18.0. The van der Waals surface area contributed by atoms with E-state index in [1.807, 2.05) is 13.0 Å². The Morgan fingerprint density at radius 2 is 1.94 bits per heavy atom. The second kappa shape index (κ2) is 8.91. The molecular weight excluding hydrogens is 414 g/mol. The first-order chi connectivity index (χ1) is 15.5. The predicted octanol–water partition coefficient (Wildman–Crippen LogP) is 3.13. The van der Waals surface area contributed by atoms with Gasteiger partial charge in [-0.05, 0) is 25.5 Å². The zero-order valence-corrected chi connectivity index (χ0v) is 18.0. The molecule has 0 unspecified atom stereocenters. The lowest BCUT2D eigenvalue weighted by atomic mass is 10.1. The number of aryl methyl sites for hydroxylation is 1. The molecule has 0 amide bonds. The summed E-state index contributed by atoms with van der Waals surface area (Å²) < 4.78 is 32.8. The number of anilines is 2. The van der Waals surface area contributed by atoms with Crippen molar-refractivity contribution < 1.29 is 13.5 Å². The van der Waals surface area contributed by atoms with Gasteiger partial charge in [-0.1, -0.05) is 6.07 Å². The van der Waals surface area contributed by atoms with Crippen molar-refractivity contribution in [3.63, 3.8) is 0 Å². The molecule has 1 aromatic carbocycles. The summed E-state index contributed by atoms with van der Waals surface area (Å²) in [7, 11) is 0. The molecule has 1 atom stereocenters. The summed E-state index contributed by atoms with van der Waals surface area (Å²) >= 11 is 0. The van der Waals surface area contributed by atoms with E-state index in [2.05, 4.69) is 20.1 Å². The molecule has 2 saturated heterocycles. The molecule has 5 rings (SSSR count). The zero-order chi connectivity index (χ0) is 22.1. The van der Waals surface area contributed by atoms with Crippen LogP contribution in [0.25, 0.3) is 11.0 Å². The van der Waals surface area contributed by atoms with Crippen LogP contribution in [0.5, 0.6) is 0 Å². The molecule has 3 aromatic rings. The molecule has 9 heteroatoms. The van der Waals surface area contributed by atoms with E-state index >= 15 is 0 Å². The number of pyridine rings is 1. The highest BCUT2D eigenvalue weighted by atomic mass is 19.1. The average molecular weight is 440 g/mol. The van der Waals surface area contributed by atoms with E-state index in [1.54, 1.807) is 6.20 Å². The molecule has 0 bridgehead atoms. The number of fused-ring (bicyclic) bond motifs is 1. The summed E-state index contributed by atoms with van der Waals surface area (Å²) in [5, 5.41) is 3.52. The van der Waals surface area contributed by atoms with Crippen molar-refractivity contribution in [3.8, 4) is 0 Å². The first kappa shape index (κ1) is 21.0. The van der Waals surface area contributed by atoms with Gasteiger partial charge < -0.3 is 15.0 Å². The van der Waals surface area contributed by atoms with Crippen LogP contribution in [-0.2, 0) is 11.3 Å². The van der Waals surface area contributed by atoms with Crippen molar-refractivity contribution in [2.75, 3.05) is 49.6 Å². The van der Waals surface area contributed by atoms with Gasteiger partial charge in [0, 0.05) is 56.7 Å². The Balaban J connectivity index is 1.35. The highest BCUT2D eigenvalue weighted by Crippen LogP contribution is 2.28. The Hall–Kier alpha value is -2.91. The minimum atomic E-state index is -0.552. The van der Waals surface area contributed by atoms with Gasteiger partial charge >= 0.3 is 0 Å². The Kier molecular flexibility index (Phi) is 5.84. The quantitative estimate of drug-likeness (QED) is 0.654. The van der Waals surface area contributed by atoms with Gasteiger partial charge in [-0.2, -0.15) is 0 Å². The number of halogens is 2. The summed E-state index contributed by atoms with van der Waals surface area (Å²) in [5.41, 5.74) is 2.98. The molecule has 2 aliphatic rings. The standard InChI is InChI=1S/C23H26F2N6O/c1-15-10-20-21(12-26-15)29-23(22(28-20)27-18-4-9-32-14-18)31-7-5-30(6-8-31)13-16-2-3-17(24)11-19(16)25/h2-3,10-12,18H,4-9,13-14H2,1H3,(H,27,28)/t18-/m0/s1. The van der Waals surface area contributed by atoms with Gasteiger partial charge in [-0.3, -0.25) is 9.88 Å². The van der Waals surface area contributed by atoms with Crippen LogP contribution in [0, 0.1) is 18.6 Å². The second-order valence-corrected chi connectivity index (χ2v) is 8.41. The van der Waals surface area contributed by atoms with Crippen LogP contribution in [0.3, 0.4) is 0 Å². The molecule has 0 radical (unpaired) electrons. The van der Waals surface area contributed by atoms with E-state index in [1.165, 1.54) is 12.1 Å². The van der Waals surface area contributed by atoms with E-state index in [0.29, 0.717) is 18.7 Å². The summed E-state index contributed by atoms with van der Waals surface area (Å²) in [5.74, 6) is 0.517. The first-order valence-corrected chi connectivity index (χ1v) is 10.9. The van der Waals surface area contributed by atoms with Crippen LogP contribution in [0.15, 0.2) is 30.5 Å². The average Bonchev–Trinajstić information content (AvgIpc) is 3.29. The van der Waals surface area contributed by atoms with Crippen LogP contribution in [0.2, 0.25) is 0 Å². The van der Waals surface area contributed by atoms with Crippen molar-refractivity contribution in [3.05, 3.63) is 53.4 Å². The lowest BCUT2D eigenvalue weighted by Crippen LogP contribution is -2.46. The monoisotopic (exact) mass is 440 g/mol. The number of hydrogen-bond donors (Lipinski definition) is 1. The molecule has 4 heterocycles. The fraction of sp³-hybridized carbons (Fsp3) is 0.435. The molecule has 2 aliphatic heterocycles. The van der Waals surface area contributed by atoms with Gasteiger partial charge in [-0.25, -0.2) is 18.7 Å². The second-order valence-electron chi connectivity index (χ2n) is 8.41. The molecule has 0 spiro atoms. The smallest absolute Gasteiger partial charge is 0.172 e. The summed E-state index contributed by atoms with van der Waals surface area (Å²) in [6.07, 6.45) is 2.70. The number of ether oxygens (including phenoxy) is 1. The normalized spacial score (nSPS) is 19.6. The SMILES string of the molecule is Cc1cc2nc(N[C@H]3CCOC3)c(N3CCN(Cc4ccc(F)cc4F)CC3)nc2cn1. The molecular formula is C23H26F2N6O. The van der Waals surface area contributed by atoms with Crippen LogP contribution in [-0.4, -0.2) is 65.3 Å². The van der Waals surface area contributed by atoms with Gasteiger partial charge in [-0.15, -0.1) is 0 Å². The fourth-order valence-corrected chi connectivity index (χ4v) is 4.22. The summed E-state index contributed by atoms with van der Waals surface area (Å²) in [6.45, 7) is 6.76. The van der Waals surface area contributed by atoms with E-state index in [9.17, 15) is 8.78 Å². The largest absolute Gasteiger partial charge is 0.379 e. The van der Waals surface area contributed by atoms with Crippen molar-refractivity contribution in [1.82, 2.24) is 19.9 Å². The molecule has 1 N–H and O–H groups in total. The fourth-order valence-electron chi connectivity index (χ4n) is 4.22. The van der Waals surface area contributed by atoms with Crippen LogP contribution in [0.4, 0.5) is 20.4 Å². The molecule has 0 saturated carbocycles. The Morgan fingerprint density at radius 1 is 1.09 bits per heavy atom. The predicted molar refractivity (Wildman–Crippen MR) is 119 cm³/mol. The van der Waals surface area contributed by atoms with Gasteiger partial charge in [0.25, 0.3) is 0 Å². The summed E-state index contributed by atoms with van der Waals surface area (Å²) in [4.78, 5) is 18.5. The van der Waals surface area contributed by atoms with Crippen LogP contribution >= 0.6 is 0 Å². The number of benzene rings is 1. The maximum absolute atomic E-state index is 14.1.